The molecule has 0 aliphatic heterocycles. The highest BCUT2D eigenvalue weighted by molar-refractivity contribution is 6.33. The fraction of sp³-hybridized carbons (Fsp3) is 0.267. The van der Waals surface area contributed by atoms with Crippen molar-refractivity contribution in [3.63, 3.8) is 0 Å². The summed E-state index contributed by atoms with van der Waals surface area (Å²) in [5.41, 5.74) is 11.9. The normalized spacial score (nSPS) is 14.3. The van der Waals surface area contributed by atoms with Gasteiger partial charge in [-0.1, -0.05) is 36.8 Å². The summed E-state index contributed by atoms with van der Waals surface area (Å²) in [5, 5.41) is 8.69. The molecule has 1 aliphatic carbocycles. The van der Waals surface area contributed by atoms with Crippen LogP contribution in [-0.2, 0) is 0 Å². The average Bonchev–Trinajstić information content (AvgIpc) is 3.36. The van der Waals surface area contributed by atoms with E-state index in [0.29, 0.717) is 16.6 Å². The van der Waals surface area contributed by atoms with Crippen LogP contribution in [0.15, 0.2) is 59.9 Å². The zero-order chi connectivity index (χ0) is 26.6. The molecule has 1 aliphatic rings. The van der Waals surface area contributed by atoms with Gasteiger partial charge in [0.25, 0.3) is 0 Å². The summed E-state index contributed by atoms with van der Waals surface area (Å²) in [7, 11) is 1.64. The number of benzene rings is 2. The molecule has 0 spiro atoms. The van der Waals surface area contributed by atoms with Crippen LogP contribution in [0.1, 0.15) is 50.2 Å². The molecule has 5 rings (SSSR count). The number of halogens is 2. The highest BCUT2D eigenvalue weighted by Crippen LogP contribution is 2.34. The van der Waals surface area contributed by atoms with E-state index < -0.39 is 5.82 Å². The van der Waals surface area contributed by atoms with Crippen LogP contribution in [0, 0.1) is 17.7 Å². The van der Waals surface area contributed by atoms with Crippen LogP contribution in [0.4, 0.5) is 15.8 Å². The molecule has 0 atom stereocenters. The SMILES string of the molecule is CC#Cc1cc(OC)ccc1-c1cc2c(NC3CCCCC3)c(/C(N)=N/c3cc(F)ccc3Cl)cnn2c1. The smallest absolute Gasteiger partial charge is 0.135 e. The van der Waals surface area contributed by atoms with Gasteiger partial charge >= 0.3 is 0 Å². The number of aliphatic imine (C=N–C) groups is 1. The first-order valence-corrected chi connectivity index (χ1v) is 13.0. The van der Waals surface area contributed by atoms with E-state index in [1.165, 1.54) is 37.5 Å². The van der Waals surface area contributed by atoms with Crippen molar-refractivity contribution in [1.29, 1.82) is 0 Å². The Morgan fingerprint density at radius 1 is 1.18 bits per heavy atom. The number of amidine groups is 1. The average molecular weight is 530 g/mol. The van der Waals surface area contributed by atoms with Gasteiger partial charge in [0, 0.05) is 29.4 Å². The molecule has 0 amide bonds. The Kier molecular flexibility index (Phi) is 7.52. The summed E-state index contributed by atoms with van der Waals surface area (Å²) < 4.78 is 21.1. The van der Waals surface area contributed by atoms with Crippen LogP contribution in [0.2, 0.25) is 5.02 Å². The van der Waals surface area contributed by atoms with E-state index in [1.54, 1.807) is 13.3 Å². The van der Waals surface area contributed by atoms with Crippen molar-refractivity contribution in [3.05, 3.63) is 76.8 Å². The maximum atomic E-state index is 13.9. The van der Waals surface area contributed by atoms with Gasteiger partial charge < -0.3 is 15.8 Å². The number of rotatable bonds is 6. The van der Waals surface area contributed by atoms with Crippen LogP contribution in [-0.4, -0.2) is 28.6 Å². The van der Waals surface area contributed by atoms with E-state index >= 15 is 0 Å². The molecule has 0 radical (unpaired) electrons. The van der Waals surface area contributed by atoms with E-state index in [9.17, 15) is 4.39 Å². The number of methoxy groups -OCH3 is 1. The fourth-order valence-corrected chi connectivity index (χ4v) is 5.06. The van der Waals surface area contributed by atoms with Crippen molar-refractivity contribution in [2.45, 2.75) is 45.1 Å². The van der Waals surface area contributed by atoms with Crippen LogP contribution in [0.25, 0.3) is 16.6 Å². The standard InChI is InChI=1S/C30H29ClFN5O/c1-3-7-19-14-23(38-2)11-12-24(19)20-15-28-29(35-22-8-5-4-6-9-22)25(17-34-37(28)18-20)30(33)36-27-16-21(32)10-13-26(27)31/h10-18,22,35H,4-6,8-9H2,1-2H3,(H2,33,36). The molecule has 1 fully saturated rings. The molecule has 2 heterocycles. The molecule has 0 saturated heterocycles. The summed E-state index contributed by atoms with van der Waals surface area (Å²) in [5.74, 6) is 6.69. The second-order valence-electron chi connectivity index (χ2n) is 9.35. The number of nitrogens with zero attached hydrogens (tertiary/aromatic N) is 3. The Hall–Kier alpha value is -4.02. The monoisotopic (exact) mass is 529 g/mol. The van der Waals surface area contributed by atoms with Gasteiger partial charge in [0.1, 0.15) is 17.4 Å². The second kappa shape index (κ2) is 11.2. The minimum atomic E-state index is -0.434. The van der Waals surface area contributed by atoms with Crippen molar-refractivity contribution in [1.82, 2.24) is 9.61 Å². The second-order valence-corrected chi connectivity index (χ2v) is 9.76. The number of nitrogens with one attached hydrogen (secondary N) is 1. The molecule has 2 aromatic carbocycles. The number of fused-ring (bicyclic) bond motifs is 1. The molecule has 8 heteroatoms. The highest BCUT2D eigenvalue weighted by atomic mass is 35.5. The third-order valence-corrected chi connectivity index (χ3v) is 7.13. The number of hydrogen-bond donors (Lipinski definition) is 2. The van der Waals surface area contributed by atoms with Crippen molar-refractivity contribution < 1.29 is 9.13 Å². The van der Waals surface area contributed by atoms with Gasteiger partial charge in [-0.05, 0) is 61.7 Å². The lowest BCUT2D eigenvalue weighted by Gasteiger charge is -2.25. The Bertz CT molecular complexity index is 1580. The maximum absolute atomic E-state index is 13.9. The summed E-state index contributed by atoms with van der Waals surface area (Å²) in [6, 6.07) is 12.3. The van der Waals surface area contributed by atoms with E-state index in [1.807, 2.05) is 35.8 Å². The number of anilines is 1. The molecule has 4 aromatic rings. The number of nitrogens with two attached hydrogens (primary N) is 1. The maximum Gasteiger partial charge on any atom is 0.135 e. The molecule has 0 bridgehead atoms. The molecule has 194 valence electrons. The van der Waals surface area contributed by atoms with E-state index in [0.717, 1.165) is 46.5 Å². The zero-order valence-electron chi connectivity index (χ0n) is 21.4. The van der Waals surface area contributed by atoms with E-state index in [4.69, 9.17) is 22.1 Å². The van der Waals surface area contributed by atoms with Crippen LogP contribution in [0.5, 0.6) is 5.75 Å². The zero-order valence-corrected chi connectivity index (χ0v) is 22.1. The Morgan fingerprint density at radius 3 is 2.76 bits per heavy atom. The van der Waals surface area contributed by atoms with Gasteiger partial charge in [-0.15, -0.1) is 5.92 Å². The van der Waals surface area contributed by atoms with Gasteiger partial charge in [0.2, 0.25) is 0 Å². The number of hydrogen-bond acceptors (Lipinski definition) is 4. The van der Waals surface area contributed by atoms with Gasteiger partial charge in [-0.3, -0.25) is 0 Å². The third-order valence-electron chi connectivity index (χ3n) is 6.81. The van der Waals surface area contributed by atoms with Crippen molar-refractivity contribution in [3.8, 4) is 28.7 Å². The predicted molar refractivity (Wildman–Crippen MR) is 152 cm³/mol. The lowest BCUT2D eigenvalue weighted by atomic mass is 9.95. The lowest BCUT2D eigenvalue weighted by Crippen LogP contribution is -2.25. The van der Waals surface area contributed by atoms with Gasteiger partial charge in [-0.2, -0.15) is 5.10 Å². The molecule has 1 saturated carbocycles. The Morgan fingerprint density at radius 2 is 2.00 bits per heavy atom. The van der Waals surface area contributed by atoms with Crippen LogP contribution >= 0.6 is 11.6 Å². The predicted octanol–water partition coefficient (Wildman–Crippen LogP) is 6.96. The molecule has 3 N–H and O–H groups in total. The fourth-order valence-electron chi connectivity index (χ4n) is 4.90. The van der Waals surface area contributed by atoms with Gasteiger partial charge in [0.15, 0.2) is 0 Å². The number of aromatic nitrogens is 2. The largest absolute Gasteiger partial charge is 0.497 e. The van der Waals surface area contributed by atoms with Gasteiger partial charge in [-0.25, -0.2) is 13.9 Å². The first-order valence-electron chi connectivity index (χ1n) is 12.7. The van der Waals surface area contributed by atoms with Crippen molar-refractivity contribution >= 4 is 34.3 Å². The summed E-state index contributed by atoms with van der Waals surface area (Å²) in [6.45, 7) is 1.81. The minimum Gasteiger partial charge on any atom is -0.497 e. The number of ether oxygens (including phenoxy) is 1. The minimum absolute atomic E-state index is 0.204. The van der Waals surface area contributed by atoms with Crippen LogP contribution in [0.3, 0.4) is 0 Å². The van der Waals surface area contributed by atoms with Gasteiger partial charge in [0.05, 0.1) is 40.8 Å². The summed E-state index contributed by atoms with van der Waals surface area (Å²) in [6.07, 6.45) is 9.40. The molecule has 0 unspecified atom stereocenters. The summed E-state index contributed by atoms with van der Waals surface area (Å²) >= 11 is 6.27. The molecule has 6 nitrogen and oxygen atoms in total. The summed E-state index contributed by atoms with van der Waals surface area (Å²) in [4.78, 5) is 4.47. The Balaban J connectivity index is 1.65. The molecule has 2 aromatic heterocycles. The van der Waals surface area contributed by atoms with Crippen LogP contribution < -0.4 is 15.8 Å². The molecule has 38 heavy (non-hydrogen) atoms. The van der Waals surface area contributed by atoms with E-state index in [2.05, 4.69) is 33.3 Å². The van der Waals surface area contributed by atoms with E-state index in [-0.39, 0.29) is 11.5 Å². The lowest BCUT2D eigenvalue weighted by molar-refractivity contribution is 0.415. The quantitative estimate of drug-likeness (QED) is 0.161. The first kappa shape index (κ1) is 25.6. The third kappa shape index (κ3) is 5.32. The molecular weight excluding hydrogens is 501 g/mol. The Labute approximate surface area is 226 Å². The van der Waals surface area contributed by atoms with Crippen molar-refractivity contribution in [2.24, 2.45) is 10.7 Å². The van der Waals surface area contributed by atoms with Crippen molar-refractivity contribution in [2.75, 3.05) is 12.4 Å². The molecular formula is C30H29ClFN5O. The topological polar surface area (TPSA) is 76.9 Å². The highest BCUT2D eigenvalue weighted by Gasteiger charge is 2.20. The first-order chi connectivity index (χ1) is 18.5.